The van der Waals surface area contributed by atoms with Gasteiger partial charge in [-0.05, 0) is 30.7 Å². The smallest absolute Gasteiger partial charge is 0.240 e. The first-order valence-corrected chi connectivity index (χ1v) is 10.6. The molecule has 1 aliphatic rings. The molecule has 1 atom stereocenters. The fourth-order valence-electron chi connectivity index (χ4n) is 3.14. The first-order valence-electron chi connectivity index (χ1n) is 8.95. The van der Waals surface area contributed by atoms with Gasteiger partial charge in [0, 0.05) is 18.9 Å². The lowest BCUT2D eigenvalue weighted by Crippen LogP contribution is -2.24. The maximum atomic E-state index is 12.2. The van der Waals surface area contributed by atoms with Crippen LogP contribution in [0, 0.1) is 0 Å². The molecule has 8 heteroatoms. The lowest BCUT2D eigenvalue weighted by atomic mass is 9.97. The van der Waals surface area contributed by atoms with E-state index in [9.17, 15) is 13.2 Å². The van der Waals surface area contributed by atoms with Crippen LogP contribution in [-0.4, -0.2) is 37.9 Å². The van der Waals surface area contributed by atoms with Gasteiger partial charge in [-0.1, -0.05) is 30.3 Å². The lowest BCUT2D eigenvalue weighted by Gasteiger charge is -2.20. The van der Waals surface area contributed by atoms with Crippen molar-refractivity contribution in [3.8, 4) is 5.75 Å². The Labute approximate surface area is 165 Å². The number of sulfonamides is 1. The molecule has 3 rings (SSSR count). The molecule has 1 amide bonds. The number of amides is 1. The van der Waals surface area contributed by atoms with E-state index in [-0.39, 0.29) is 17.7 Å². The third kappa shape index (κ3) is 4.17. The Hall–Kier alpha value is -2.87. The second-order valence-corrected chi connectivity index (χ2v) is 8.47. The molecule has 0 unspecified atom stereocenters. The summed E-state index contributed by atoms with van der Waals surface area (Å²) in [6, 6.07) is 14.3. The minimum Gasteiger partial charge on any atom is -0.497 e. The van der Waals surface area contributed by atoms with Crippen LogP contribution < -0.4 is 9.46 Å². The fraction of sp³-hybridized carbons (Fsp3) is 0.300. The molecule has 0 saturated heterocycles. The number of benzene rings is 2. The third-order valence-electron chi connectivity index (χ3n) is 4.60. The summed E-state index contributed by atoms with van der Waals surface area (Å²) >= 11 is 0. The van der Waals surface area contributed by atoms with Crippen LogP contribution in [0.15, 0.2) is 53.6 Å². The zero-order chi connectivity index (χ0) is 20.3. The molecule has 1 aliphatic heterocycles. The van der Waals surface area contributed by atoms with Crippen LogP contribution in [0.25, 0.3) is 0 Å². The van der Waals surface area contributed by atoms with E-state index in [1.54, 1.807) is 32.2 Å². The normalized spacial score (nSPS) is 16.6. The number of carbonyl (C=O) groups is 1. The maximum absolute atomic E-state index is 12.2. The number of methoxy groups -OCH3 is 1. The summed E-state index contributed by atoms with van der Waals surface area (Å²) in [5, 5.41) is 5.95. The standard InChI is InChI=1S/C20H23N3O4S/c1-4-28(25,26)22-18-11-6-5-10-17(18)19-13-20(23(21-19)14(2)24)15-8-7-9-16(12-15)27-3/h5-12,20,22H,4,13H2,1-3H3/t20-/m0/s1. The highest BCUT2D eigenvalue weighted by Crippen LogP contribution is 2.35. The molecule has 0 radical (unpaired) electrons. The Morgan fingerprint density at radius 2 is 2.00 bits per heavy atom. The van der Waals surface area contributed by atoms with Gasteiger partial charge in [0.25, 0.3) is 0 Å². The molecule has 148 valence electrons. The van der Waals surface area contributed by atoms with Crippen LogP contribution in [0.2, 0.25) is 0 Å². The average Bonchev–Trinajstić information content (AvgIpc) is 3.14. The first kappa shape index (κ1) is 19.9. The van der Waals surface area contributed by atoms with Gasteiger partial charge >= 0.3 is 0 Å². The summed E-state index contributed by atoms with van der Waals surface area (Å²) in [6.07, 6.45) is 0.470. The second-order valence-electron chi connectivity index (χ2n) is 6.46. The van der Waals surface area contributed by atoms with Crippen LogP contribution >= 0.6 is 0 Å². The van der Waals surface area contributed by atoms with Crippen molar-refractivity contribution in [1.82, 2.24) is 5.01 Å². The molecule has 7 nitrogen and oxygen atoms in total. The van der Waals surface area contributed by atoms with Crippen LogP contribution in [0.1, 0.15) is 37.4 Å². The van der Waals surface area contributed by atoms with E-state index in [4.69, 9.17) is 4.74 Å². The van der Waals surface area contributed by atoms with E-state index in [0.29, 0.717) is 29.1 Å². The van der Waals surface area contributed by atoms with Crippen molar-refractivity contribution in [3.05, 3.63) is 59.7 Å². The molecule has 0 aromatic heterocycles. The third-order valence-corrected chi connectivity index (χ3v) is 5.89. The van der Waals surface area contributed by atoms with Gasteiger partial charge in [0.2, 0.25) is 15.9 Å². The summed E-state index contributed by atoms with van der Waals surface area (Å²) in [7, 11) is -1.84. The molecule has 0 bridgehead atoms. The number of anilines is 1. The zero-order valence-corrected chi connectivity index (χ0v) is 16.9. The number of hydrogen-bond acceptors (Lipinski definition) is 5. The monoisotopic (exact) mass is 401 g/mol. The van der Waals surface area contributed by atoms with Crippen molar-refractivity contribution in [2.24, 2.45) is 5.10 Å². The number of para-hydroxylation sites is 1. The van der Waals surface area contributed by atoms with E-state index in [1.165, 1.54) is 11.9 Å². The lowest BCUT2D eigenvalue weighted by molar-refractivity contribution is -0.130. The average molecular weight is 401 g/mol. The van der Waals surface area contributed by atoms with Crippen molar-refractivity contribution in [1.29, 1.82) is 0 Å². The number of carbonyl (C=O) groups excluding carboxylic acids is 1. The summed E-state index contributed by atoms with van der Waals surface area (Å²) < 4.78 is 32.0. The molecule has 28 heavy (non-hydrogen) atoms. The van der Waals surface area contributed by atoms with E-state index in [1.807, 2.05) is 30.3 Å². The van der Waals surface area contributed by atoms with Crippen molar-refractivity contribution in [2.75, 3.05) is 17.6 Å². The van der Waals surface area contributed by atoms with Crippen LogP contribution in [-0.2, 0) is 14.8 Å². The van der Waals surface area contributed by atoms with Gasteiger partial charge < -0.3 is 4.74 Å². The van der Waals surface area contributed by atoms with Gasteiger partial charge in [0.05, 0.1) is 30.3 Å². The minimum absolute atomic E-state index is 0.0280. The molecule has 2 aromatic carbocycles. The predicted molar refractivity (Wildman–Crippen MR) is 109 cm³/mol. The number of ether oxygens (including phenoxy) is 1. The highest BCUT2D eigenvalue weighted by atomic mass is 32.2. The number of rotatable bonds is 6. The van der Waals surface area contributed by atoms with Crippen molar-refractivity contribution >= 4 is 27.3 Å². The Morgan fingerprint density at radius 3 is 2.68 bits per heavy atom. The van der Waals surface area contributed by atoms with Crippen molar-refractivity contribution in [3.63, 3.8) is 0 Å². The van der Waals surface area contributed by atoms with Gasteiger partial charge in [-0.2, -0.15) is 5.10 Å². The molecule has 1 heterocycles. The van der Waals surface area contributed by atoms with Crippen LogP contribution in [0.4, 0.5) is 5.69 Å². The Balaban J connectivity index is 1.98. The SMILES string of the molecule is CCS(=O)(=O)Nc1ccccc1C1=NN(C(C)=O)[C@H](c2cccc(OC)c2)C1. The first-order chi connectivity index (χ1) is 13.3. The van der Waals surface area contributed by atoms with E-state index >= 15 is 0 Å². The Kier molecular flexibility index (Phi) is 5.69. The number of hydrazone groups is 1. The minimum atomic E-state index is -3.43. The van der Waals surface area contributed by atoms with E-state index < -0.39 is 10.0 Å². The summed E-state index contributed by atoms with van der Waals surface area (Å²) in [5.74, 6) is 0.486. The Bertz CT molecular complexity index is 1020. The maximum Gasteiger partial charge on any atom is 0.240 e. The fourth-order valence-corrected chi connectivity index (χ4v) is 3.79. The van der Waals surface area contributed by atoms with Crippen molar-refractivity contribution in [2.45, 2.75) is 26.3 Å². The summed E-state index contributed by atoms with van der Waals surface area (Å²) in [4.78, 5) is 12.2. The summed E-state index contributed by atoms with van der Waals surface area (Å²) in [6.45, 7) is 3.04. The van der Waals surface area contributed by atoms with E-state index in [2.05, 4.69) is 9.82 Å². The van der Waals surface area contributed by atoms with E-state index in [0.717, 1.165) is 5.56 Å². The molecule has 0 aliphatic carbocycles. The number of hydrogen-bond donors (Lipinski definition) is 1. The predicted octanol–water partition coefficient (Wildman–Crippen LogP) is 3.15. The Morgan fingerprint density at radius 1 is 1.25 bits per heavy atom. The van der Waals surface area contributed by atoms with Crippen LogP contribution in [0.3, 0.4) is 0 Å². The van der Waals surface area contributed by atoms with Crippen molar-refractivity contribution < 1.29 is 17.9 Å². The van der Waals surface area contributed by atoms with Gasteiger partial charge in [-0.15, -0.1) is 0 Å². The molecular formula is C20H23N3O4S. The highest BCUT2D eigenvalue weighted by Gasteiger charge is 2.32. The van der Waals surface area contributed by atoms with Gasteiger partial charge in [0.1, 0.15) is 5.75 Å². The molecule has 0 saturated carbocycles. The van der Waals surface area contributed by atoms with Gasteiger partial charge in [0.15, 0.2) is 0 Å². The largest absolute Gasteiger partial charge is 0.497 e. The molecule has 0 fully saturated rings. The van der Waals surface area contributed by atoms with Crippen LogP contribution in [0.5, 0.6) is 5.75 Å². The zero-order valence-electron chi connectivity index (χ0n) is 16.0. The topological polar surface area (TPSA) is 88.1 Å². The molecule has 2 aromatic rings. The molecule has 1 N–H and O–H groups in total. The molecule has 0 spiro atoms. The number of nitrogens with one attached hydrogen (secondary N) is 1. The summed E-state index contributed by atoms with van der Waals surface area (Å²) in [5.41, 5.74) is 2.67. The van der Waals surface area contributed by atoms with Gasteiger partial charge in [-0.3, -0.25) is 9.52 Å². The molecular weight excluding hydrogens is 378 g/mol. The quantitative estimate of drug-likeness (QED) is 0.805. The second kappa shape index (κ2) is 8.02. The van der Waals surface area contributed by atoms with Gasteiger partial charge in [-0.25, -0.2) is 13.4 Å². The highest BCUT2D eigenvalue weighted by molar-refractivity contribution is 7.92. The number of nitrogens with zero attached hydrogens (tertiary/aromatic N) is 2.